The molecule has 1 amide bonds. The van der Waals surface area contributed by atoms with Gasteiger partial charge in [-0.25, -0.2) is 0 Å². The lowest BCUT2D eigenvalue weighted by molar-refractivity contribution is -0.384. The second-order valence-electron chi connectivity index (χ2n) is 5.26. The quantitative estimate of drug-likeness (QED) is 0.632. The Labute approximate surface area is 115 Å². The fourth-order valence-electron chi connectivity index (χ4n) is 2.85. The van der Waals surface area contributed by atoms with E-state index in [9.17, 15) is 20.0 Å². The van der Waals surface area contributed by atoms with Crippen LogP contribution in [0.25, 0.3) is 0 Å². The number of rotatable bonds is 3. The Balaban J connectivity index is 1.99. The van der Waals surface area contributed by atoms with Gasteiger partial charge in [-0.1, -0.05) is 0 Å². The SMILES string of the molecule is O=C1Cc2cc([N+](=O)[O-])c(N3CCC(CO)C3)cc2N1. The lowest BCUT2D eigenvalue weighted by Gasteiger charge is -2.19. The van der Waals surface area contributed by atoms with E-state index >= 15 is 0 Å². The molecule has 1 unspecified atom stereocenters. The highest BCUT2D eigenvalue weighted by atomic mass is 16.6. The number of hydrogen-bond acceptors (Lipinski definition) is 5. The topological polar surface area (TPSA) is 95.7 Å². The maximum Gasteiger partial charge on any atom is 0.292 e. The molecule has 1 saturated heterocycles. The minimum absolute atomic E-state index is 0.0267. The van der Waals surface area contributed by atoms with Crippen LogP contribution in [0.5, 0.6) is 0 Å². The number of nitro benzene ring substituents is 1. The fraction of sp³-hybridized carbons (Fsp3) is 0.462. The number of nitrogens with one attached hydrogen (secondary N) is 1. The normalized spacial score (nSPS) is 20.9. The van der Waals surface area contributed by atoms with E-state index in [2.05, 4.69) is 5.32 Å². The van der Waals surface area contributed by atoms with Crippen molar-refractivity contribution in [2.24, 2.45) is 5.92 Å². The van der Waals surface area contributed by atoms with Crippen molar-refractivity contribution < 1.29 is 14.8 Å². The van der Waals surface area contributed by atoms with E-state index in [1.807, 2.05) is 4.90 Å². The van der Waals surface area contributed by atoms with Gasteiger partial charge in [0.2, 0.25) is 5.91 Å². The Kier molecular flexibility index (Phi) is 3.06. The van der Waals surface area contributed by atoms with E-state index in [0.717, 1.165) is 6.42 Å². The molecule has 106 valence electrons. The van der Waals surface area contributed by atoms with Gasteiger partial charge in [-0.15, -0.1) is 0 Å². The number of nitro groups is 1. The van der Waals surface area contributed by atoms with Gasteiger partial charge in [-0.05, 0) is 18.1 Å². The van der Waals surface area contributed by atoms with Crippen LogP contribution in [0.15, 0.2) is 12.1 Å². The van der Waals surface area contributed by atoms with Crippen molar-refractivity contribution in [2.75, 3.05) is 29.9 Å². The van der Waals surface area contributed by atoms with Crippen LogP contribution in [0.4, 0.5) is 17.1 Å². The zero-order valence-corrected chi connectivity index (χ0v) is 10.8. The van der Waals surface area contributed by atoms with Gasteiger partial charge in [-0.3, -0.25) is 14.9 Å². The van der Waals surface area contributed by atoms with Gasteiger partial charge < -0.3 is 15.3 Å². The van der Waals surface area contributed by atoms with Crippen LogP contribution in [0.1, 0.15) is 12.0 Å². The van der Waals surface area contributed by atoms with E-state index < -0.39 is 4.92 Å². The van der Waals surface area contributed by atoms with Crippen LogP contribution in [0.3, 0.4) is 0 Å². The van der Waals surface area contributed by atoms with Gasteiger partial charge in [0.05, 0.1) is 11.3 Å². The van der Waals surface area contributed by atoms with Gasteiger partial charge in [-0.2, -0.15) is 0 Å². The van der Waals surface area contributed by atoms with Gasteiger partial charge in [0.25, 0.3) is 5.69 Å². The molecular weight excluding hydrogens is 262 g/mol. The van der Waals surface area contributed by atoms with Gasteiger partial charge in [0, 0.05) is 37.4 Å². The predicted molar refractivity (Wildman–Crippen MR) is 72.8 cm³/mol. The highest BCUT2D eigenvalue weighted by Crippen LogP contribution is 2.38. The summed E-state index contributed by atoms with van der Waals surface area (Å²) in [5.74, 6) is 0.0126. The third kappa shape index (κ3) is 2.09. The Morgan fingerprint density at radius 1 is 1.50 bits per heavy atom. The molecule has 0 radical (unpaired) electrons. The molecule has 1 aromatic carbocycles. The number of aliphatic hydroxyl groups is 1. The molecular formula is C13H15N3O4. The monoisotopic (exact) mass is 277 g/mol. The smallest absolute Gasteiger partial charge is 0.292 e. The molecule has 1 aromatic rings. The number of fused-ring (bicyclic) bond motifs is 1. The Hall–Kier alpha value is -2.15. The maximum atomic E-state index is 11.4. The molecule has 20 heavy (non-hydrogen) atoms. The van der Waals surface area contributed by atoms with Crippen LogP contribution in [0, 0.1) is 16.0 Å². The summed E-state index contributed by atoms with van der Waals surface area (Å²) in [6, 6.07) is 3.16. The second-order valence-corrected chi connectivity index (χ2v) is 5.26. The van der Waals surface area contributed by atoms with Crippen molar-refractivity contribution in [3.05, 3.63) is 27.8 Å². The first-order valence-electron chi connectivity index (χ1n) is 6.55. The van der Waals surface area contributed by atoms with Gasteiger partial charge >= 0.3 is 0 Å². The zero-order chi connectivity index (χ0) is 14.3. The molecule has 1 atom stereocenters. The number of amides is 1. The van der Waals surface area contributed by atoms with Crippen molar-refractivity contribution in [1.82, 2.24) is 0 Å². The highest BCUT2D eigenvalue weighted by Gasteiger charge is 2.30. The third-order valence-electron chi connectivity index (χ3n) is 3.91. The minimum atomic E-state index is -0.412. The van der Waals surface area contributed by atoms with E-state index in [0.29, 0.717) is 30.0 Å². The summed E-state index contributed by atoms with van der Waals surface area (Å²) in [5, 5.41) is 23.1. The van der Waals surface area contributed by atoms with Crippen molar-refractivity contribution in [3.63, 3.8) is 0 Å². The molecule has 2 aliphatic heterocycles. The number of carbonyl (C=O) groups excluding carboxylic acids is 1. The van der Waals surface area contributed by atoms with Crippen LogP contribution < -0.4 is 10.2 Å². The van der Waals surface area contributed by atoms with Gasteiger partial charge in [0.15, 0.2) is 0 Å². The van der Waals surface area contributed by atoms with Crippen molar-refractivity contribution in [2.45, 2.75) is 12.8 Å². The summed E-state index contributed by atoms with van der Waals surface area (Å²) in [5.41, 5.74) is 1.87. The lowest BCUT2D eigenvalue weighted by atomic mass is 10.1. The number of anilines is 2. The van der Waals surface area contributed by atoms with Crippen molar-refractivity contribution in [3.8, 4) is 0 Å². The number of carbonyl (C=O) groups is 1. The Morgan fingerprint density at radius 2 is 2.30 bits per heavy atom. The summed E-state index contributed by atoms with van der Waals surface area (Å²) in [4.78, 5) is 24.1. The van der Waals surface area contributed by atoms with Crippen LogP contribution in [-0.4, -0.2) is 35.6 Å². The van der Waals surface area contributed by atoms with Crippen molar-refractivity contribution >= 4 is 23.0 Å². The number of benzene rings is 1. The average molecular weight is 277 g/mol. The molecule has 3 rings (SSSR count). The number of hydrogen-bond donors (Lipinski definition) is 2. The molecule has 1 fully saturated rings. The van der Waals surface area contributed by atoms with Crippen LogP contribution >= 0.6 is 0 Å². The first-order valence-corrected chi connectivity index (χ1v) is 6.55. The van der Waals surface area contributed by atoms with Gasteiger partial charge in [0.1, 0.15) is 5.69 Å². The first kappa shape index (κ1) is 12.9. The first-order chi connectivity index (χ1) is 9.58. The third-order valence-corrected chi connectivity index (χ3v) is 3.91. The molecule has 0 aliphatic carbocycles. The summed E-state index contributed by atoms with van der Waals surface area (Å²) in [7, 11) is 0. The Bertz CT molecular complexity index is 587. The molecule has 0 saturated carbocycles. The largest absolute Gasteiger partial charge is 0.396 e. The lowest BCUT2D eigenvalue weighted by Crippen LogP contribution is -2.21. The average Bonchev–Trinajstić information content (AvgIpc) is 3.01. The molecule has 2 N–H and O–H groups in total. The zero-order valence-electron chi connectivity index (χ0n) is 10.8. The van der Waals surface area contributed by atoms with E-state index in [1.165, 1.54) is 6.07 Å². The second kappa shape index (κ2) is 4.75. The maximum absolute atomic E-state index is 11.4. The van der Waals surface area contributed by atoms with Crippen LogP contribution in [0.2, 0.25) is 0 Å². The van der Waals surface area contributed by atoms with E-state index in [4.69, 9.17) is 0 Å². The van der Waals surface area contributed by atoms with E-state index in [1.54, 1.807) is 6.07 Å². The summed E-state index contributed by atoms with van der Waals surface area (Å²) in [6.45, 7) is 1.37. The van der Waals surface area contributed by atoms with Crippen LogP contribution in [-0.2, 0) is 11.2 Å². The van der Waals surface area contributed by atoms with E-state index in [-0.39, 0.29) is 30.5 Å². The number of nitrogens with zero attached hydrogens (tertiary/aromatic N) is 2. The summed E-state index contributed by atoms with van der Waals surface area (Å²) < 4.78 is 0. The molecule has 2 heterocycles. The fourth-order valence-corrected chi connectivity index (χ4v) is 2.85. The molecule has 7 heteroatoms. The standard InChI is InChI=1S/C13H15N3O4/c17-7-8-1-2-15(6-8)11-5-10-9(4-13(18)14-10)3-12(11)16(19)20/h3,5,8,17H,1-2,4,6-7H2,(H,14,18). The minimum Gasteiger partial charge on any atom is -0.396 e. The predicted octanol–water partition coefficient (Wildman–Crippen LogP) is 0.908. The summed E-state index contributed by atoms with van der Waals surface area (Å²) in [6.07, 6.45) is 1.01. The molecule has 7 nitrogen and oxygen atoms in total. The molecule has 2 aliphatic rings. The Morgan fingerprint density at radius 3 is 2.95 bits per heavy atom. The molecule has 0 bridgehead atoms. The summed E-state index contributed by atoms with van der Waals surface area (Å²) >= 11 is 0. The molecule has 0 spiro atoms. The molecule has 0 aromatic heterocycles. The number of aliphatic hydroxyl groups excluding tert-OH is 1. The highest BCUT2D eigenvalue weighted by molar-refractivity contribution is 6.00. The van der Waals surface area contributed by atoms with Crippen molar-refractivity contribution in [1.29, 1.82) is 0 Å².